The van der Waals surface area contributed by atoms with E-state index in [1.165, 1.54) is 18.5 Å². The predicted octanol–water partition coefficient (Wildman–Crippen LogP) is 3.22. The van der Waals surface area contributed by atoms with Crippen molar-refractivity contribution in [2.45, 2.75) is 39.2 Å². The van der Waals surface area contributed by atoms with Crippen LogP contribution in [0.3, 0.4) is 0 Å². The van der Waals surface area contributed by atoms with Crippen LogP contribution in [0.5, 0.6) is 0 Å². The van der Waals surface area contributed by atoms with Gasteiger partial charge in [0.1, 0.15) is 12.1 Å². The van der Waals surface area contributed by atoms with Crippen molar-refractivity contribution in [1.82, 2.24) is 20.0 Å². The lowest BCUT2D eigenvalue weighted by atomic mass is 10.1. The molecule has 3 rings (SSSR count). The Labute approximate surface area is 147 Å². The molecular weight excluding hydrogens is 319 g/mol. The zero-order valence-electron chi connectivity index (χ0n) is 14.5. The highest BCUT2D eigenvalue weighted by atomic mass is 19.1. The second kappa shape index (κ2) is 8.16. The van der Waals surface area contributed by atoms with Crippen molar-refractivity contribution < 1.29 is 9.18 Å². The molecule has 0 N–H and O–H groups in total. The second-order valence-corrected chi connectivity index (χ2v) is 6.28. The zero-order valence-corrected chi connectivity index (χ0v) is 14.5. The Balaban J connectivity index is 1.88. The Morgan fingerprint density at radius 1 is 1.24 bits per heavy atom. The van der Waals surface area contributed by atoms with Gasteiger partial charge in [0.25, 0.3) is 5.91 Å². The van der Waals surface area contributed by atoms with Crippen LogP contribution in [0.1, 0.15) is 47.8 Å². The summed E-state index contributed by atoms with van der Waals surface area (Å²) in [6, 6.07) is 6.30. The van der Waals surface area contributed by atoms with Gasteiger partial charge in [0.2, 0.25) is 0 Å². The van der Waals surface area contributed by atoms with Gasteiger partial charge in [-0.05, 0) is 37.0 Å². The normalized spacial score (nSPS) is 14.6. The third-order valence-electron chi connectivity index (χ3n) is 4.42. The van der Waals surface area contributed by atoms with Gasteiger partial charge in [0.15, 0.2) is 0 Å². The summed E-state index contributed by atoms with van der Waals surface area (Å²) in [5.41, 5.74) is 2.24. The predicted molar refractivity (Wildman–Crippen MR) is 93.1 cm³/mol. The van der Waals surface area contributed by atoms with E-state index in [4.69, 9.17) is 0 Å². The first-order chi connectivity index (χ1) is 12.2. The minimum Gasteiger partial charge on any atom is -0.267 e. The average Bonchev–Trinajstić information content (AvgIpc) is 3.16. The molecule has 0 aliphatic carbocycles. The number of rotatable bonds is 6. The molecule has 0 bridgehead atoms. The number of hydrazine groups is 1. The molecule has 2 heterocycles. The van der Waals surface area contributed by atoms with E-state index in [0.717, 1.165) is 50.0 Å². The number of hydrogen-bond donors (Lipinski definition) is 0. The van der Waals surface area contributed by atoms with Crippen molar-refractivity contribution in [2.24, 2.45) is 0 Å². The maximum absolute atomic E-state index is 13.2. The summed E-state index contributed by atoms with van der Waals surface area (Å²) < 4.78 is 13.2. The number of aryl methyl sites for hydroxylation is 1. The number of carbonyl (C=O) groups is 1. The summed E-state index contributed by atoms with van der Waals surface area (Å²) in [5, 5.41) is 3.84. The van der Waals surface area contributed by atoms with Gasteiger partial charge in [-0.3, -0.25) is 9.80 Å². The second-order valence-electron chi connectivity index (χ2n) is 6.28. The van der Waals surface area contributed by atoms with E-state index in [1.54, 1.807) is 23.3 Å². The standard InChI is InChI=1S/C19H23FN4O/c1-2-5-18-17(12-21-14-22-18)19(25)24(23-10-3-4-11-23)13-15-6-8-16(20)9-7-15/h6-9,12,14H,2-5,10-11,13H2,1H3. The smallest absolute Gasteiger partial charge is 0.267 e. The van der Waals surface area contributed by atoms with Crippen molar-refractivity contribution in [3.05, 3.63) is 59.4 Å². The minimum absolute atomic E-state index is 0.0877. The molecule has 0 atom stereocenters. The molecule has 1 fully saturated rings. The summed E-state index contributed by atoms with van der Waals surface area (Å²) in [5.74, 6) is -0.361. The molecule has 1 aromatic heterocycles. The van der Waals surface area contributed by atoms with Crippen LogP contribution in [0, 0.1) is 5.82 Å². The molecule has 2 aromatic rings. The number of nitrogens with zero attached hydrogens (tertiary/aromatic N) is 4. The maximum atomic E-state index is 13.2. The van der Waals surface area contributed by atoms with E-state index in [9.17, 15) is 9.18 Å². The van der Waals surface area contributed by atoms with Crippen LogP contribution in [-0.2, 0) is 13.0 Å². The van der Waals surface area contributed by atoms with Gasteiger partial charge < -0.3 is 0 Å². The van der Waals surface area contributed by atoms with Crippen LogP contribution in [0.4, 0.5) is 4.39 Å². The zero-order chi connectivity index (χ0) is 17.6. The van der Waals surface area contributed by atoms with Gasteiger partial charge in [-0.2, -0.15) is 0 Å². The summed E-state index contributed by atoms with van der Waals surface area (Å²) >= 11 is 0. The van der Waals surface area contributed by atoms with Crippen LogP contribution in [0.15, 0.2) is 36.8 Å². The molecule has 5 nitrogen and oxygen atoms in total. The van der Waals surface area contributed by atoms with E-state index in [2.05, 4.69) is 21.9 Å². The fourth-order valence-corrected chi connectivity index (χ4v) is 3.11. The van der Waals surface area contributed by atoms with Crippen LogP contribution in [0.25, 0.3) is 0 Å². The van der Waals surface area contributed by atoms with Crippen LogP contribution < -0.4 is 0 Å². The summed E-state index contributed by atoms with van der Waals surface area (Å²) in [7, 11) is 0. The molecule has 0 saturated carbocycles. The molecule has 0 unspecified atom stereocenters. The van der Waals surface area contributed by atoms with Crippen LogP contribution in [0.2, 0.25) is 0 Å². The number of carbonyl (C=O) groups excluding carboxylic acids is 1. The number of halogens is 1. The highest BCUT2D eigenvalue weighted by Crippen LogP contribution is 2.19. The SMILES string of the molecule is CCCc1ncncc1C(=O)N(Cc1ccc(F)cc1)N1CCCC1. The van der Waals surface area contributed by atoms with Crippen molar-refractivity contribution in [1.29, 1.82) is 0 Å². The van der Waals surface area contributed by atoms with Crippen molar-refractivity contribution in [3.8, 4) is 0 Å². The molecular formula is C19H23FN4O. The fourth-order valence-electron chi connectivity index (χ4n) is 3.11. The molecule has 1 aromatic carbocycles. The summed E-state index contributed by atoms with van der Waals surface area (Å²) in [6.45, 7) is 4.18. The summed E-state index contributed by atoms with van der Waals surface area (Å²) in [6.07, 6.45) is 6.89. The number of amides is 1. The lowest BCUT2D eigenvalue weighted by molar-refractivity contribution is -0.00113. The first-order valence-electron chi connectivity index (χ1n) is 8.79. The number of aromatic nitrogens is 2. The van der Waals surface area contributed by atoms with Gasteiger partial charge in [-0.15, -0.1) is 0 Å². The third kappa shape index (κ3) is 4.20. The lowest BCUT2D eigenvalue weighted by Crippen LogP contribution is -2.44. The molecule has 25 heavy (non-hydrogen) atoms. The highest BCUT2D eigenvalue weighted by molar-refractivity contribution is 5.94. The largest absolute Gasteiger partial charge is 0.271 e. The fraction of sp³-hybridized carbons (Fsp3) is 0.421. The van der Waals surface area contributed by atoms with Crippen molar-refractivity contribution in [3.63, 3.8) is 0 Å². The Hall–Kier alpha value is -2.34. The molecule has 6 heteroatoms. The van der Waals surface area contributed by atoms with Gasteiger partial charge in [-0.25, -0.2) is 19.4 Å². The van der Waals surface area contributed by atoms with E-state index in [0.29, 0.717) is 12.1 Å². The molecule has 1 aliphatic heterocycles. The molecule has 1 saturated heterocycles. The van der Waals surface area contributed by atoms with E-state index < -0.39 is 0 Å². The van der Waals surface area contributed by atoms with Gasteiger partial charge >= 0.3 is 0 Å². The van der Waals surface area contributed by atoms with E-state index in [1.807, 2.05) is 0 Å². The highest BCUT2D eigenvalue weighted by Gasteiger charge is 2.27. The Morgan fingerprint density at radius 3 is 2.64 bits per heavy atom. The van der Waals surface area contributed by atoms with Gasteiger partial charge in [0, 0.05) is 19.3 Å². The Bertz CT molecular complexity index is 714. The average molecular weight is 342 g/mol. The van der Waals surface area contributed by atoms with E-state index in [-0.39, 0.29) is 11.7 Å². The monoisotopic (exact) mass is 342 g/mol. The lowest BCUT2D eigenvalue weighted by Gasteiger charge is -2.32. The Kier molecular flexibility index (Phi) is 5.71. The van der Waals surface area contributed by atoms with Crippen molar-refractivity contribution in [2.75, 3.05) is 13.1 Å². The molecule has 0 radical (unpaired) electrons. The summed E-state index contributed by atoms with van der Waals surface area (Å²) in [4.78, 5) is 21.6. The van der Waals surface area contributed by atoms with Crippen molar-refractivity contribution >= 4 is 5.91 Å². The maximum Gasteiger partial charge on any atom is 0.271 e. The number of benzene rings is 1. The van der Waals surface area contributed by atoms with Crippen LogP contribution in [-0.4, -0.2) is 39.0 Å². The molecule has 1 aliphatic rings. The van der Waals surface area contributed by atoms with Crippen LogP contribution >= 0.6 is 0 Å². The minimum atomic E-state index is -0.274. The molecule has 1 amide bonds. The third-order valence-corrected chi connectivity index (χ3v) is 4.42. The topological polar surface area (TPSA) is 49.3 Å². The van der Waals surface area contributed by atoms with Gasteiger partial charge in [-0.1, -0.05) is 25.5 Å². The van der Waals surface area contributed by atoms with E-state index >= 15 is 0 Å². The molecule has 0 spiro atoms. The first kappa shape index (κ1) is 17.5. The van der Waals surface area contributed by atoms with Gasteiger partial charge in [0.05, 0.1) is 17.8 Å². The quantitative estimate of drug-likeness (QED) is 0.809. The number of hydrogen-bond acceptors (Lipinski definition) is 4. The first-order valence-corrected chi connectivity index (χ1v) is 8.79. The Morgan fingerprint density at radius 2 is 1.96 bits per heavy atom. The molecule has 132 valence electrons.